The highest BCUT2D eigenvalue weighted by Gasteiger charge is 2.19. The molecule has 3 rings (SSSR count). The first-order valence-corrected chi connectivity index (χ1v) is 10.0. The van der Waals surface area contributed by atoms with Gasteiger partial charge in [-0.3, -0.25) is 10.1 Å². The molecule has 8 nitrogen and oxygen atoms in total. The maximum atomic E-state index is 12.5. The number of rotatable bonds is 6. The van der Waals surface area contributed by atoms with Gasteiger partial charge in [0.15, 0.2) is 0 Å². The Kier molecular flexibility index (Phi) is 5.73. The number of hydrogen-bond donors (Lipinski definition) is 1. The molecule has 0 amide bonds. The predicted octanol–water partition coefficient (Wildman–Crippen LogP) is 2.22. The van der Waals surface area contributed by atoms with E-state index in [2.05, 4.69) is 9.62 Å². The van der Waals surface area contributed by atoms with Crippen molar-refractivity contribution in [3.8, 4) is 0 Å². The summed E-state index contributed by atoms with van der Waals surface area (Å²) in [6.45, 7) is 4.73. The number of ether oxygens (including phenoxy) is 1. The van der Waals surface area contributed by atoms with E-state index in [1.54, 1.807) is 6.92 Å². The van der Waals surface area contributed by atoms with Crippen LogP contribution in [0.5, 0.6) is 0 Å². The number of nitro benzene ring substituents is 1. The number of nitrogens with zero attached hydrogens (tertiary/aromatic N) is 2. The molecule has 9 heteroatoms. The highest BCUT2D eigenvalue weighted by Crippen LogP contribution is 2.22. The standard InChI is InChI=1S/C18H21N3O5S/c1-14-2-7-17(12-18(14)21(22)23)27(24,25)19-13-15-3-5-16(6-4-15)20-8-10-26-11-9-20/h2-7,12,19H,8-11,13H2,1H3. The fraction of sp³-hybridized carbons (Fsp3) is 0.333. The van der Waals surface area contributed by atoms with Gasteiger partial charge in [-0.25, -0.2) is 13.1 Å². The van der Waals surface area contributed by atoms with Gasteiger partial charge in [0.05, 0.1) is 23.0 Å². The van der Waals surface area contributed by atoms with Crippen LogP contribution in [0.25, 0.3) is 0 Å². The Morgan fingerprint density at radius 3 is 2.44 bits per heavy atom. The monoisotopic (exact) mass is 391 g/mol. The van der Waals surface area contributed by atoms with Crippen molar-refractivity contribution in [2.24, 2.45) is 0 Å². The van der Waals surface area contributed by atoms with Gasteiger partial charge in [-0.05, 0) is 30.7 Å². The van der Waals surface area contributed by atoms with E-state index in [9.17, 15) is 18.5 Å². The zero-order valence-electron chi connectivity index (χ0n) is 14.9. The number of nitro groups is 1. The third kappa shape index (κ3) is 4.62. The van der Waals surface area contributed by atoms with Crippen molar-refractivity contribution in [2.75, 3.05) is 31.2 Å². The Balaban J connectivity index is 1.68. The van der Waals surface area contributed by atoms with Crippen LogP contribution in [0, 0.1) is 17.0 Å². The van der Waals surface area contributed by atoms with Crippen LogP contribution >= 0.6 is 0 Å². The van der Waals surface area contributed by atoms with Crippen LogP contribution in [-0.4, -0.2) is 39.6 Å². The number of anilines is 1. The maximum absolute atomic E-state index is 12.5. The van der Waals surface area contributed by atoms with Gasteiger partial charge in [-0.1, -0.05) is 18.2 Å². The number of hydrogen-bond acceptors (Lipinski definition) is 6. The molecule has 1 fully saturated rings. The minimum Gasteiger partial charge on any atom is -0.378 e. The second-order valence-corrected chi connectivity index (χ2v) is 8.06. The number of nitrogens with one attached hydrogen (secondary N) is 1. The van der Waals surface area contributed by atoms with Gasteiger partial charge in [-0.15, -0.1) is 0 Å². The van der Waals surface area contributed by atoms with Crippen LogP contribution in [-0.2, 0) is 21.3 Å². The summed E-state index contributed by atoms with van der Waals surface area (Å²) in [6.07, 6.45) is 0. The number of benzene rings is 2. The van der Waals surface area contributed by atoms with Crippen LogP contribution in [0.4, 0.5) is 11.4 Å². The van der Waals surface area contributed by atoms with Crippen molar-refractivity contribution in [1.29, 1.82) is 0 Å². The Morgan fingerprint density at radius 2 is 1.81 bits per heavy atom. The van der Waals surface area contributed by atoms with E-state index in [4.69, 9.17) is 4.74 Å². The van der Waals surface area contributed by atoms with Crippen molar-refractivity contribution < 1.29 is 18.1 Å². The predicted molar refractivity (Wildman–Crippen MR) is 101 cm³/mol. The smallest absolute Gasteiger partial charge is 0.273 e. The molecule has 0 unspecified atom stereocenters. The molecule has 1 aliphatic heterocycles. The molecule has 0 aliphatic carbocycles. The average molecular weight is 391 g/mol. The summed E-state index contributed by atoms with van der Waals surface area (Å²) in [7, 11) is -3.84. The first-order chi connectivity index (χ1) is 12.9. The molecule has 0 saturated carbocycles. The quantitative estimate of drug-likeness (QED) is 0.598. The summed E-state index contributed by atoms with van der Waals surface area (Å²) in [5, 5.41) is 11.0. The molecule has 1 aliphatic rings. The highest BCUT2D eigenvalue weighted by molar-refractivity contribution is 7.89. The summed E-state index contributed by atoms with van der Waals surface area (Å²) in [5.74, 6) is 0. The lowest BCUT2D eigenvalue weighted by atomic mass is 10.2. The van der Waals surface area contributed by atoms with E-state index >= 15 is 0 Å². The van der Waals surface area contributed by atoms with E-state index in [1.165, 1.54) is 12.1 Å². The van der Waals surface area contributed by atoms with Crippen molar-refractivity contribution in [3.63, 3.8) is 0 Å². The van der Waals surface area contributed by atoms with Crippen molar-refractivity contribution in [2.45, 2.75) is 18.4 Å². The number of morpholine rings is 1. The largest absolute Gasteiger partial charge is 0.378 e. The molecule has 0 aromatic heterocycles. The highest BCUT2D eigenvalue weighted by atomic mass is 32.2. The van der Waals surface area contributed by atoms with E-state index < -0.39 is 14.9 Å². The second-order valence-electron chi connectivity index (χ2n) is 6.30. The first kappa shape index (κ1) is 19.3. The Hall–Kier alpha value is -2.49. The van der Waals surface area contributed by atoms with Crippen LogP contribution in [0.3, 0.4) is 0 Å². The molecule has 0 bridgehead atoms. The molecule has 0 spiro atoms. The fourth-order valence-corrected chi connectivity index (χ4v) is 3.90. The molecular weight excluding hydrogens is 370 g/mol. The molecule has 2 aromatic rings. The van der Waals surface area contributed by atoms with Gasteiger partial charge in [0.25, 0.3) is 5.69 Å². The fourth-order valence-electron chi connectivity index (χ4n) is 2.86. The summed E-state index contributed by atoms with van der Waals surface area (Å²) in [4.78, 5) is 12.5. The zero-order chi connectivity index (χ0) is 19.4. The van der Waals surface area contributed by atoms with Gasteiger partial charge in [0, 0.05) is 37.0 Å². The molecule has 0 atom stereocenters. The van der Waals surface area contributed by atoms with E-state index in [1.807, 2.05) is 24.3 Å². The normalized spacial score (nSPS) is 14.9. The molecule has 1 N–H and O–H groups in total. The Labute approximate surface area is 158 Å². The lowest BCUT2D eigenvalue weighted by Gasteiger charge is -2.28. The SMILES string of the molecule is Cc1ccc(S(=O)(=O)NCc2ccc(N3CCOCC3)cc2)cc1[N+](=O)[O-]. The maximum Gasteiger partial charge on any atom is 0.273 e. The van der Waals surface area contributed by atoms with Crippen molar-refractivity contribution >= 4 is 21.4 Å². The van der Waals surface area contributed by atoms with E-state index in [-0.39, 0.29) is 17.1 Å². The summed E-state index contributed by atoms with van der Waals surface area (Å²) in [5.41, 5.74) is 2.07. The third-order valence-electron chi connectivity index (χ3n) is 4.47. The van der Waals surface area contributed by atoms with Gasteiger partial charge < -0.3 is 9.64 Å². The average Bonchev–Trinajstić information content (AvgIpc) is 2.67. The van der Waals surface area contributed by atoms with Crippen LogP contribution in [0.15, 0.2) is 47.4 Å². The van der Waals surface area contributed by atoms with Gasteiger partial charge in [-0.2, -0.15) is 0 Å². The van der Waals surface area contributed by atoms with E-state index in [0.717, 1.165) is 30.4 Å². The van der Waals surface area contributed by atoms with Gasteiger partial charge >= 0.3 is 0 Å². The topological polar surface area (TPSA) is 102 Å². The van der Waals surface area contributed by atoms with Gasteiger partial charge in [0.2, 0.25) is 10.0 Å². The Morgan fingerprint density at radius 1 is 1.15 bits per heavy atom. The number of aryl methyl sites for hydroxylation is 1. The zero-order valence-corrected chi connectivity index (χ0v) is 15.7. The minimum atomic E-state index is -3.84. The van der Waals surface area contributed by atoms with Crippen molar-refractivity contribution in [3.05, 3.63) is 63.7 Å². The molecule has 1 saturated heterocycles. The van der Waals surface area contributed by atoms with Gasteiger partial charge in [0.1, 0.15) is 0 Å². The van der Waals surface area contributed by atoms with Crippen LogP contribution in [0.2, 0.25) is 0 Å². The van der Waals surface area contributed by atoms with Crippen LogP contribution in [0.1, 0.15) is 11.1 Å². The van der Waals surface area contributed by atoms with Crippen LogP contribution < -0.4 is 9.62 Å². The molecule has 27 heavy (non-hydrogen) atoms. The number of sulfonamides is 1. The molecule has 1 heterocycles. The third-order valence-corrected chi connectivity index (χ3v) is 5.87. The summed E-state index contributed by atoms with van der Waals surface area (Å²) < 4.78 is 32.7. The molecular formula is C18H21N3O5S. The first-order valence-electron chi connectivity index (χ1n) is 8.53. The molecule has 2 aromatic carbocycles. The minimum absolute atomic E-state index is 0.105. The molecule has 144 valence electrons. The van der Waals surface area contributed by atoms with Crippen molar-refractivity contribution in [1.82, 2.24) is 4.72 Å². The summed E-state index contributed by atoms with van der Waals surface area (Å²) >= 11 is 0. The lowest BCUT2D eigenvalue weighted by molar-refractivity contribution is -0.385. The van der Waals surface area contributed by atoms with E-state index in [0.29, 0.717) is 18.8 Å². The Bertz CT molecular complexity index is 923. The molecule has 0 radical (unpaired) electrons. The second kappa shape index (κ2) is 8.03. The lowest BCUT2D eigenvalue weighted by Crippen LogP contribution is -2.36. The summed E-state index contributed by atoms with van der Waals surface area (Å²) in [6, 6.07) is 11.5.